The van der Waals surface area contributed by atoms with E-state index in [4.69, 9.17) is 26.1 Å². The van der Waals surface area contributed by atoms with Gasteiger partial charge in [0.05, 0.1) is 6.07 Å². The van der Waals surface area contributed by atoms with Crippen molar-refractivity contribution >= 4 is 28.9 Å². The van der Waals surface area contributed by atoms with Gasteiger partial charge in [0.15, 0.2) is 0 Å². The first-order valence-corrected chi connectivity index (χ1v) is 10.6. The lowest BCUT2D eigenvalue weighted by Gasteiger charge is -2.22. The zero-order valence-electron chi connectivity index (χ0n) is 11.2. The van der Waals surface area contributed by atoms with Crippen molar-refractivity contribution in [1.82, 2.24) is 0 Å². The van der Waals surface area contributed by atoms with E-state index in [1.807, 2.05) is 60.7 Å². The highest BCUT2D eigenvalue weighted by Gasteiger charge is 2.23. The fourth-order valence-electron chi connectivity index (χ4n) is 1.50. The van der Waals surface area contributed by atoms with Crippen LogP contribution in [0.3, 0.4) is 0 Å². The summed E-state index contributed by atoms with van der Waals surface area (Å²) < 4.78 is 11.8. The van der Waals surface area contributed by atoms with E-state index in [2.05, 4.69) is 6.07 Å². The predicted molar refractivity (Wildman–Crippen MR) is 91.1 cm³/mol. The molecule has 0 saturated carbocycles. The van der Waals surface area contributed by atoms with Crippen molar-refractivity contribution in [2.45, 2.75) is 6.42 Å². The van der Waals surface area contributed by atoms with Gasteiger partial charge >= 0.3 is 5.69 Å². The Morgan fingerprint density at radius 1 is 0.952 bits per heavy atom. The van der Waals surface area contributed by atoms with Crippen LogP contribution in [0.4, 0.5) is 0 Å². The molecule has 0 aliphatic rings. The first-order valence-electron chi connectivity index (χ1n) is 6.33. The molecule has 108 valence electrons. The lowest BCUT2D eigenvalue weighted by molar-refractivity contribution is 0.506. The molecule has 3 nitrogen and oxygen atoms in total. The van der Waals surface area contributed by atoms with Gasteiger partial charge in [0.2, 0.25) is 0 Å². The third kappa shape index (κ3) is 5.43. The number of hydrogen-bond donors (Lipinski definition) is 0. The monoisotopic (exact) mass is 335 g/mol. The SMILES string of the molecule is N#CCCSP(=S)(Oc1ccccc1)Oc1ccccc1. The van der Waals surface area contributed by atoms with E-state index in [1.54, 1.807) is 0 Å². The number of para-hydroxylation sites is 2. The molecule has 0 fully saturated rings. The van der Waals surface area contributed by atoms with E-state index in [-0.39, 0.29) is 0 Å². The van der Waals surface area contributed by atoms with Gasteiger partial charge in [0, 0.05) is 12.2 Å². The van der Waals surface area contributed by atoms with Crippen LogP contribution in [-0.2, 0) is 11.8 Å². The number of rotatable bonds is 7. The number of nitrogens with zero attached hydrogens (tertiary/aromatic N) is 1. The summed E-state index contributed by atoms with van der Waals surface area (Å²) in [7, 11) is 0. The predicted octanol–water partition coefficient (Wildman–Crippen LogP) is 5.02. The summed E-state index contributed by atoms with van der Waals surface area (Å²) in [6.07, 6.45) is 0.416. The second-order valence-corrected chi connectivity index (χ2v) is 10.3. The summed E-state index contributed by atoms with van der Waals surface area (Å²) in [6.45, 7) is 0. The molecule has 2 aromatic rings. The second kappa shape index (κ2) is 8.09. The molecule has 0 bridgehead atoms. The van der Waals surface area contributed by atoms with E-state index in [1.165, 1.54) is 11.4 Å². The summed E-state index contributed by atoms with van der Waals surface area (Å²) in [5.74, 6) is 1.95. The van der Waals surface area contributed by atoms with Crippen molar-refractivity contribution in [3.63, 3.8) is 0 Å². The average molecular weight is 335 g/mol. The minimum absolute atomic E-state index is 0.416. The standard InChI is InChI=1S/C15H14NO2PS2/c16-12-7-13-21-19(20,17-14-8-3-1-4-9-14)18-15-10-5-2-6-11-15/h1-6,8-11H,7,13H2. The van der Waals surface area contributed by atoms with Crippen molar-refractivity contribution < 1.29 is 9.05 Å². The van der Waals surface area contributed by atoms with Crippen molar-refractivity contribution in [1.29, 1.82) is 5.26 Å². The minimum atomic E-state index is -2.59. The van der Waals surface area contributed by atoms with Crippen LogP contribution in [0.25, 0.3) is 0 Å². The second-order valence-electron chi connectivity index (χ2n) is 4.00. The Hall–Kier alpha value is -1.47. The molecule has 0 aliphatic carbocycles. The van der Waals surface area contributed by atoms with Crippen molar-refractivity contribution in [3.05, 3.63) is 60.7 Å². The smallest absolute Gasteiger partial charge is 0.348 e. The molecule has 0 atom stereocenters. The molecule has 0 amide bonds. The molecule has 2 aromatic carbocycles. The number of hydrogen-bond acceptors (Lipinski definition) is 5. The molecule has 0 N–H and O–H groups in total. The third-order valence-electron chi connectivity index (χ3n) is 2.38. The van der Waals surface area contributed by atoms with Crippen LogP contribution in [0.1, 0.15) is 6.42 Å². The Balaban J connectivity index is 2.14. The van der Waals surface area contributed by atoms with Gasteiger partial charge in [-0.05, 0) is 47.5 Å². The minimum Gasteiger partial charge on any atom is -0.428 e. The van der Waals surface area contributed by atoms with Gasteiger partial charge in [0.1, 0.15) is 11.5 Å². The highest BCUT2D eigenvalue weighted by atomic mass is 32.9. The molecule has 0 unspecified atom stereocenters. The number of benzene rings is 2. The van der Waals surface area contributed by atoms with Crippen LogP contribution >= 0.6 is 17.1 Å². The van der Waals surface area contributed by atoms with Crippen molar-refractivity contribution in [2.24, 2.45) is 0 Å². The lowest BCUT2D eigenvalue weighted by atomic mass is 10.3. The summed E-state index contributed by atoms with van der Waals surface area (Å²) in [5.41, 5.74) is -2.59. The molecule has 0 saturated heterocycles. The van der Waals surface area contributed by atoms with E-state index >= 15 is 0 Å². The van der Waals surface area contributed by atoms with Crippen LogP contribution in [-0.4, -0.2) is 5.75 Å². The molecule has 0 aliphatic heterocycles. The van der Waals surface area contributed by atoms with E-state index < -0.39 is 5.69 Å². The van der Waals surface area contributed by atoms with Gasteiger partial charge in [0.25, 0.3) is 0 Å². The fraction of sp³-hybridized carbons (Fsp3) is 0.133. The fourth-order valence-corrected chi connectivity index (χ4v) is 5.77. The molecule has 0 radical (unpaired) electrons. The maximum atomic E-state index is 8.68. The van der Waals surface area contributed by atoms with Crippen LogP contribution in [0, 0.1) is 11.3 Å². The molecular weight excluding hydrogens is 321 g/mol. The molecule has 0 spiro atoms. The van der Waals surface area contributed by atoms with Crippen molar-refractivity contribution in [3.8, 4) is 17.6 Å². The van der Waals surface area contributed by atoms with Gasteiger partial charge in [-0.15, -0.1) is 0 Å². The van der Waals surface area contributed by atoms with Gasteiger partial charge in [-0.2, -0.15) is 5.26 Å². The Kier molecular flexibility index (Phi) is 6.13. The summed E-state index contributed by atoms with van der Waals surface area (Å²) in [5, 5.41) is 8.68. The summed E-state index contributed by atoms with van der Waals surface area (Å²) in [4.78, 5) is 0. The molecule has 21 heavy (non-hydrogen) atoms. The van der Waals surface area contributed by atoms with Gasteiger partial charge < -0.3 is 9.05 Å². The Morgan fingerprint density at radius 3 is 1.86 bits per heavy atom. The van der Waals surface area contributed by atoms with Gasteiger partial charge in [-0.25, -0.2) is 0 Å². The van der Waals surface area contributed by atoms with Crippen LogP contribution in [0.15, 0.2) is 60.7 Å². The lowest BCUT2D eigenvalue weighted by Crippen LogP contribution is -1.98. The van der Waals surface area contributed by atoms with Gasteiger partial charge in [-0.1, -0.05) is 36.4 Å². The molecule has 6 heteroatoms. The quantitative estimate of drug-likeness (QED) is 0.525. The number of nitriles is 1. The Morgan fingerprint density at radius 2 is 1.43 bits per heavy atom. The highest BCUT2D eigenvalue weighted by Crippen LogP contribution is 2.60. The zero-order chi connectivity index (χ0) is 15.0. The van der Waals surface area contributed by atoms with Crippen LogP contribution in [0.2, 0.25) is 0 Å². The summed E-state index contributed by atoms with van der Waals surface area (Å²) in [6, 6.07) is 20.9. The van der Waals surface area contributed by atoms with E-state index in [9.17, 15) is 0 Å². The molecule has 2 rings (SSSR count). The largest absolute Gasteiger partial charge is 0.428 e. The Bertz CT molecular complexity index is 598. The normalized spacial score (nSPS) is 10.6. The maximum Gasteiger partial charge on any atom is 0.348 e. The molecule has 0 heterocycles. The molecule has 0 aromatic heterocycles. The highest BCUT2D eigenvalue weighted by molar-refractivity contribution is 8.68. The van der Waals surface area contributed by atoms with Crippen LogP contribution in [0.5, 0.6) is 11.5 Å². The summed E-state index contributed by atoms with van der Waals surface area (Å²) >= 11 is 7.00. The Labute approximate surface area is 133 Å². The van der Waals surface area contributed by atoms with Crippen molar-refractivity contribution in [2.75, 3.05) is 5.75 Å². The zero-order valence-corrected chi connectivity index (χ0v) is 13.7. The van der Waals surface area contributed by atoms with E-state index in [0.717, 1.165) is 0 Å². The first kappa shape index (κ1) is 15.9. The van der Waals surface area contributed by atoms with Gasteiger partial charge in [-0.3, -0.25) is 0 Å². The average Bonchev–Trinajstić information content (AvgIpc) is 2.49. The molecular formula is C15H14NO2PS2. The first-order chi connectivity index (χ1) is 10.2. The van der Waals surface area contributed by atoms with Crippen LogP contribution < -0.4 is 9.05 Å². The third-order valence-corrected chi connectivity index (χ3v) is 7.30. The maximum absolute atomic E-state index is 8.68. The topological polar surface area (TPSA) is 42.2 Å². The van der Waals surface area contributed by atoms with E-state index in [0.29, 0.717) is 23.7 Å².